The minimum absolute atomic E-state index is 0.00558. The summed E-state index contributed by atoms with van der Waals surface area (Å²) in [6, 6.07) is 6.66. The van der Waals surface area contributed by atoms with Crippen molar-refractivity contribution in [3.8, 4) is 0 Å². The molecule has 2 aliphatic heterocycles. The highest BCUT2D eigenvalue weighted by molar-refractivity contribution is 8.18. The van der Waals surface area contributed by atoms with Crippen molar-refractivity contribution in [2.45, 2.75) is 37.3 Å². The molecule has 2 N–H and O–H groups in total. The fraction of sp³-hybridized carbons (Fsp3) is 0.370. The van der Waals surface area contributed by atoms with Crippen LogP contribution in [0.25, 0.3) is 16.5 Å². The van der Waals surface area contributed by atoms with Gasteiger partial charge < -0.3 is 15.0 Å². The van der Waals surface area contributed by atoms with Gasteiger partial charge in [0, 0.05) is 38.2 Å². The number of rotatable bonds is 6. The second-order valence-electron chi connectivity index (χ2n) is 9.89. The van der Waals surface area contributed by atoms with E-state index >= 15 is 0 Å². The molecule has 0 spiro atoms. The minimum atomic E-state index is -5.05. The molecule has 7 nitrogen and oxygen atoms in total. The Balaban J connectivity index is 1.55. The Morgan fingerprint density at radius 3 is 2.61 bits per heavy atom. The number of allylic oxidation sites excluding steroid dienone is 1. The number of amides is 1. The molecule has 2 atom stereocenters. The molecule has 2 unspecified atom stereocenters. The highest BCUT2D eigenvalue weighted by Gasteiger charge is 2.39. The summed E-state index contributed by atoms with van der Waals surface area (Å²) in [6.07, 6.45) is -8.18. The van der Waals surface area contributed by atoms with Crippen molar-refractivity contribution in [1.82, 2.24) is 20.4 Å². The lowest BCUT2D eigenvalue weighted by atomic mass is 9.92. The lowest BCUT2D eigenvalue weighted by molar-refractivity contribution is -0.143. The highest BCUT2D eigenvalue weighted by atomic mass is 32.2. The van der Waals surface area contributed by atoms with Crippen LogP contribution in [0.4, 0.5) is 26.3 Å². The fourth-order valence-corrected chi connectivity index (χ4v) is 6.07. The number of thioether (sulfide) groups is 1. The van der Waals surface area contributed by atoms with Crippen LogP contribution >= 0.6 is 11.8 Å². The maximum Gasteiger partial charge on any atom is 0.416 e. The molecule has 3 heterocycles. The van der Waals surface area contributed by atoms with Gasteiger partial charge in [-0.3, -0.25) is 9.89 Å². The van der Waals surface area contributed by atoms with Crippen LogP contribution in [0.2, 0.25) is 0 Å². The predicted molar refractivity (Wildman–Crippen MR) is 143 cm³/mol. The van der Waals surface area contributed by atoms with Gasteiger partial charge in [0.2, 0.25) is 0 Å². The second-order valence-corrected chi connectivity index (χ2v) is 10.9. The molecule has 5 rings (SSSR count). The lowest BCUT2D eigenvalue weighted by Crippen LogP contribution is -2.36. The van der Waals surface area contributed by atoms with Crippen molar-refractivity contribution in [1.29, 1.82) is 0 Å². The van der Waals surface area contributed by atoms with Gasteiger partial charge in [-0.15, -0.1) is 0 Å². The number of ether oxygens (including phenoxy) is 1. The zero-order chi connectivity index (χ0) is 29.5. The van der Waals surface area contributed by atoms with Crippen molar-refractivity contribution in [3.05, 3.63) is 69.8 Å². The first-order valence-electron chi connectivity index (χ1n) is 12.5. The number of H-pyrrole nitrogens is 1. The molecule has 0 bridgehead atoms. The first-order valence-corrected chi connectivity index (χ1v) is 13.4. The predicted octanol–water partition coefficient (Wildman–Crippen LogP) is 5.49. The average Bonchev–Trinajstić information content (AvgIpc) is 3.65. The fourth-order valence-electron chi connectivity index (χ4n) is 5.02. The number of carbonyl (C=O) groups excluding carboxylic acids is 1. The number of aromatic amines is 1. The van der Waals surface area contributed by atoms with Gasteiger partial charge in [-0.2, -0.15) is 36.4 Å². The Kier molecular flexibility index (Phi) is 7.92. The number of amidine groups is 1. The van der Waals surface area contributed by atoms with Crippen LogP contribution in [0.5, 0.6) is 0 Å². The number of halogens is 6. The van der Waals surface area contributed by atoms with Crippen molar-refractivity contribution in [2.24, 2.45) is 4.99 Å². The van der Waals surface area contributed by atoms with Gasteiger partial charge in [0.25, 0.3) is 5.91 Å². The van der Waals surface area contributed by atoms with E-state index in [0.717, 1.165) is 24.2 Å². The summed E-state index contributed by atoms with van der Waals surface area (Å²) >= 11 is 1.04. The quantitative estimate of drug-likeness (QED) is 0.289. The number of hydrogen-bond acceptors (Lipinski definition) is 6. The topological polar surface area (TPSA) is 82.6 Å². The molecule has 3 aromatic rings. The van der Waals surface area contributed by atoms with E-state index in [1.165, 1.54) is 6.20 Å². The van der Waals surface area contributed by atoms with Gasteiger partial charge >= 0.3 is 12.4 Å². The minimum Gasteiger partial charge on any atom is -0.383 e. The third kappa shape index (κ3) is 6.14. The van der Waals surface area contributed by atoms with Gasteiger partial charge in [0.05, 0.1) is 34.4 Å². The number of likely N-dealkylation sites (N-methyl/N-ethyl adjacent to an activating group) is 1. The van der Waals surface area contributed by atoms with E-state index in [-0.39, 0.29) is 28.6 Å². The summed E-state index contributed by atoms with van der Waals surface area (Å²) in [5.41, 5.74) is -1.88. The molecule has 0 aliphatic carbocycles. The summed E-state index contributed by atoms with van der Waals surface area (Å²) in [6.45, 7) is 1.14. The number of nitrogens with zero attached hydrogens (tertiary/aromatic N) is 3. The number of fused-ring (bicyclic) bond motifs is 1. The maximum absolute atomic E-state index is 14.0. The molecular weight excluding hydrogens is 572 g/mol. The van der Waals surface area contributed by atoms with Gasteiger partial charge in [-0.25, -0.2) is 0 Å². The van der Waals surface area contributed by atoms with Gasteiger partial charge in [0.1, 0.15) is 0 Å². The van der Waals surface area contributed by atoms with E-state index < -0.39 is 41.4 Å². The summed E-state index contributed by atoms with van der Waals surface area (Å²) in [7, 11) is 3.40. The number of benzene rings is 2. The van der Waals surface area contributed by atoms with E-state index in [1.807, 2.05) is 4.90 Å². The molecule has 0 saturated carbocycles. The van der Waals surface area contributed by atoms with Crippen LogP contribution in [0.1, 0.15) is 28.7 Å². The first kappa shape index (κ1) is 29.1. The number of hydrogen-bond donors (Lipinski definition) is 2. The third-order valence-electron chi connectivity index (χ3n) is 7.17. The van der Waals surface area contributed by atoms with Crippen molar-refractivity contribution >= 4 is 39.3 Å². The zero-order valence-corrected chi connectivity index (χ0v) is 22.7. The Labute approximate surface area is 235 Å². The number of methoxy groups -OCH3 is 1. The number of aliphatic imine (C=N–C) groups is 1. The Morgan fingerprint density at radius 1 is 1.12 bits per heavy atom. The molecule has 1 fully saturated rings. The second kappa shape index (κ2) is 11.1. The molecule has 41 heavy (non-hydrogen) atoms. The summed E-state index contributed by atoms with van der Waals surface area (Å²) in [5, 5.41) is 11.1. The molecule has 218 valence electrons. The van der Waals surface area contributed by atoms with Crippen LogP contribution in [-0.4, -0.2) is 65.6 Å². The van der Waals surface area contributed by atoms with Crippen molar-refractivity contribution < 1.29 is 35.9 Å². The number of aromatic nitrogens is 2. The van der Waals surface area contributed by atoms with Gasteiger partial charge in [-0.05, 0) is 65.6 Å². The maximum atomic E-state index is 14.0. The number of nitrogens with one attached hydrogen (secondary N) is 2. The van der Waals surface area contributed by atoms with Crippen molar-refractivity contribution in [3.63, 3.8) is 0 Å². The highest BCUT2D eigenvalue weighted by Crippen LogP contribution is 2.42. The van der Waals surface area contributed by atoms with E-state index in [9.17, 15) is 31.1 Å². The average molecular weight is 598 g/mol. The largest absolute Gasteiger partial charge is 0.416 e. The molecule has 0 radical (unpaired) electrons. The SMILES string of the molecule is COCC1CC(N(C)C2=NC(=O)C(=C(Cc3ccc(C(F)(F)F)cc3C(F)(F)F)c3ccc4[nH]ncc4c3)S2)CN1. The molecule has 1 amide bonds. The summed E-state index contributed by atoms with van der Waals surface area (Å²) in [5.74, 6) is -0.626. The Bertz CT molecular complexity index is 1530. The molecular formula is C27H25F6N5O2S. The Morgan fingerprint density at radius 2 is 1.90 bits per heavy atom. The molecule has 2 aliphatic rings. The van der Waals surface area contributed by atoms with E-state index in [4.69, 9.17) is 4.74 Å². The Hall–Kier alpha value is -3.36. The number of alkyl halides is 6. The summed E-state index contributed by atoms with van der Waals surface area (Å²) < 4.78 is 87.1. The van der Waals surface area contributed by atoms with E-state index in [2.05, 4.69) is 20.5 Å². The van der Waals surface area contributed by atoms with Gasteiger partial charge in [-0.1, -0.05) is 12.1 Å². The standard InChI is InChI=1S/C27H25F6N5O2S/c1-38(19-10-18(13-40-2)34-12-19)25-36-24(39)23(41-25)20(14-4-6-22-16(7-14)11-35-37-22)8-15-3-5-17(26(28,29)30)9-21(15)27(31,32)33/h3-7,9,11,18-19,34H,8,10,12-13H2,1-2H3,(H,35,37). The van der Waals surface area contributed by atoms with Gasteiger partial charge in [0.15, 0.2) is 5.17 Å². The van der Waals surface area contributed by atoms with Crippen LogP contribution in [0, 0.1) is 0 Å². The lowest BCUT2D eigenvalue weighted by Gasteiger charge is -2.25. The zero-order valence-electron chi connectivity index (χ0n) is 21.9. The summed E-state index contributed by atoms with van der Waals surface area (Å²) in [4.78, 5) is 19.4. The smallest absolute Gasteiger partial charge is 0.383 e. The third-order valence-corrected chi connectivity index (χ3v) is 8.36. The van der Waals surface area contributed by atoms with E-state index in [1.54, 1.807) is 32.4 Å². The van der Waals surface area contributed by atoms with Crippen molar-refractivity contribution in [2.75, 3.05) is 27.3 Å². The van der Waals surface area contributed by atoms with Crippen LogP contribution < -0.4 is 5.32 Å². The van der Waals surface area contributed by atoms with Crippen LogP contribution in [-0.2, 0) is 28.3 Å². The molecule has 1 saturated heterocycles. The van der Waals surface area contributed by atoms with E-state index in [0.29, 0.717) is 40.9 Å². The number of carbonyl (C=O) groups is 1. The normalized spacial score (nSPS) is 21.1. The molecule has 2 aromatic carbocycles. The first-order chi connectivity index (χ1) is 19.3. The molecule has 14 heteroatoms. The van der Waals surface area contributed by atoms with Crippen LogP contribution in [0.15, 0.2) is 52.5 Å². The molecule has 1 aromatic heterocycles. The monoisotopic (exact) mass is 597 g/mol. The van der Waals surface area contributed by atoms with Crippen LogP contribution in [0.3, 0.4) is 0 Å².